The molecule has 132 valence electrons. The maximum absolute atomic E-state index is 12.8. The van der Waals surface area contributed by atoms with Crippen molar-refractivity contribution in [2.45, 2.75) is 18.2 Å². The lowest BCUT2D eigenvalue weighted by molar-refractivity contribution is -0.120. The van der Waals surface area contributed by atoms with Crippen LogP contribution >= 0.6 is 11.8 Å². The van der Waals surface area contributed by atoms with Crippen molar-refractivity contribution in [3.05, 3.63) is 53.8 Å². The van der Waals surface area contributed by atoms with Crippen LogP contribution in [0, 0.1) is 5.82 Å². The second-order valence-electron chi connectivity index (χ2n) is 5.17. The highest BCUT2D eigenvalue weighted by Crippen LogP contribution is 2.24. The maximum atomic E-state index is 12.8. The molecule has 0 unspecified atom stereocenters. The zero-order chi connectivity index (χ0) is 18.2. The van der Waals surface area contributed by atoms with E-state index < -0.39 is 0 Å². The number of carbonyl (C=O) groups excluding carboxylic acids is 1. The van der Waals surface area contributed by atoms with Crippen LogP contribution in [0.25, 0.3) is 0 Å². The predicted octanol–water partition coefficient (Wildman–Crippen LogP) is 3.56. The summed E-state index contributed by atoms with van der Waals surface area (Å²) in [5.74, 6) is 0.605. The number of thioether (sulfide) groups is 1. The summed E-state index contributed by atoms with van der Waals surface area (Å²) < 4.78 is 17.8. The highest BCUT2D eigenvalue weighted by molar-refractivity contribution is 7.99. The fourth-order valence-electron chi connectivity index (χ4n) is 2.00. The Morgan fingerprint density at radius 1 is 1.28 bits per heavy atom. The predicted molar refractivity (Wildman–Crippen MR) is 96.8 cm³/mol. The molecule has 0 aliphatic rings. The van der Waals surface area contributed by atoms with E-state index in [2.05, 4.69) is 10.5 Å². The number of hydrogen-bond acceptors (Lipinski definition) is 5. The average Bonchev–Trinajstić information content (AvgIpc) is 2.61. The number of benzene rings is 2. The van der Waals surface area contributed by atoms with Crippen molar-refractivity contribution in [2.24, 2.45) is 5.10 Å². The molecular formula is C18H19FN2O3S. The number of halogens is 1. The number of phenolic OH excluding ortho intramolecular Hbond substituents is 1. The molecule has 0 fully saturated rings. The quantitative estimate of drug-likeness (QED) is 0.449. The van der Waals surface area contributed by atoms with Gasteiger partial charge in [-0.3, -0.25) is 4.79 Å². The van der Waals surface area contributed by atoms with E-state index in [0.29, 0.717) is 22.8 Å². The van der Waals surface area contributed by atoms with Crippen molar-refractivity contribution in [1.82, 2.24) is 5.43 Å². The van der Waals surface area contributed by atoms with Gasteiger partial charge >= 0.3 is 0 Å². The molecular weight excluding hydrogens is 343 g/mol. The van der Waals surface area contributed by atoms with E-state index in [-0.39, 0.29) is 23.9 Å². The van der Waals surface area contributed by atoms with Crippen molar-refractivity contribution in [3.63, 3.8) is 0 Å². The van der Waals surface area contributed by atoms with Gasteiger partial charge in [0, 0.05) is 28.7 Å². The summed E-state index contributed by atoms with van der Waals surface area (Å²) in [5, 5.41) is 13.9. The zero-order valence-corrected chi connectivity index (χ0v) is 14.8. The molecule has 2 rings (SSSR count). The summed E-state index contributed by atoms with van der Waals surface area (Å²) in [6.45, 7) is 1.69. The van der Waals surface area contributed by atoms with Crippen LogP contribution in [0.5, 0.6) is 11.5 Å². The monoisotopic (exact) mass is 362 g/mol. The minimum atomic E-state index is -0.284. The summed E-state index contributed by atoms with van der Waals surface area (Å²) in [5.41, 5.74) is 3.47. The second-order valence-corrected chi connectivity index (χ2v) is 6.34. The van der Waals surface area contributed by atoms with Crippen LogP contribution < -0.4 is 10.2 Å². The van der Waals surface area contributed by atoms with Gasteiger partial charge in [-0.25, -0.2) is 9.82 Å². The van der Waals surface area contributed by atoms with E-state index in [1.165, 1.54) is 37.1 Å². The molecule has 0 bridgehead atoms. The van der Waals surface area contributed by atoms with Gasteiger partial charge in [-0.15, -0.1) is 11.8 Å². The third kappa shape index (κ3) is 5.79. The van der Waals surface area contributed by atoms with E-state index in [1.54, 1.807) is 31.2 Å². The van der Waals surface area contributed by atoms with E-state index in [0.717, 1.165) is 4.90 Å². The lowest BCUT2D eigenvalue weighted by Gasteiger charge is -2.07. The molecule has 0 atom stereocenters. The normalized spacial score (nSPS) is 11.2. The van der Waals surface area contributed by atoms with Crippen LogP contribution in [-0.2, 0) is 4.79 Å². The van der Waals surface area contributed by atoms with Crippen LogP contribution in [0.1, 0.15) is 18.9 Å². The lowest BCUT2D eigenvalue weighted by Crippen LogP contribution is -2.19. The summed E-state index contributed by atoms with van der Waals surface area (Å²) in [4.78, 5) is 12.7. The van der Waals surface area contributed by atoms with Gasteiger partial charge in [0.1, 0.15) is 17.3 Å². The van der Waals surface area contributed by atoms with Gasteiger partial charge in [0.05, 0.1) is 12.8 Å². The summed E-state index contributed by atoms with van der Waals surface area (Å²) in [6.07, 6.45) is 0.271. The van der Waals surface area contributed by atoms with Gasteiger partial charge in [-0.05, 0) is 43.3 Å². The van der Waals surface area contributed by atoms with Crippen molar-refractivity contribution in [1.29, 1.82) is 0 Å². The molecule has 0 saturated heterocycles. The fourth-order valence-corrected chi connectivity index (χ4v) is 2.85. The van der Waals surface area contributed by atoms with Crippen molar-refractivity contribution >= 4 is 23.4 Å². The number of aromatic hydroxyl groups is 1. The Labute approximate surface area is 149 Å². The standard InChI is InChI=1S/C18H19FN2O3S/c1-12(16-8-5-14(24-2)11-17(16)22)20-21-18(23)9-10-25-15-6-3-13(19)4-7-15/h3-8,11,22H,9-10H2,1-2H3,(H,21,23)/b20-12+. The first kappa shape index (κ1) is 18.8. The number of methoxy groups -OCH3 is 1. The Hall–Kier alpha value is -2.54. The number of hydrazone groups is 1. The number of hydrogen-bond donors (Lipinski definition) is 2. The van der Waals surface area contributed by atoms with E-state index in [9.17, 15) is 14.3 Å². The summed E-state index contributed by atoms with van der Waals surface area (Å²) in [7, 11) is 1.51. The molecule has 0 spiro atoms. The third-order valence-corrected chi connectivity index (χ3v) is 4.37. The Morgan fingerprint density at radius 3 is 2.64 bits per heavy atom. The first-order chi connectivity index (χ1) is 12.0. The first-order valence-electron chi connectivity index (χ1n) is 7.58. The number of amides is 1. The topological polar surface area (TPSA) is 70.9 Å². The van der Waals surface area contributed by atoms with Crippen LogP contribution in [0.15, 0.2) is 52.5 Å². The zero-order valence-electron chi connectivity index (χ0n) is 14.0. The molecule has 0 aliphatic carbocycles. The van der Waals surface area contributed by atoms with Crippen LogP contribution in [0.4, 0.5) is 4.39 Å². The minimum Gasteiger partial charge on any atom is -0.507 e. The SMILES string of the molecule is COc1ccc(/C(C)=N/NC(=O)CCSc2ccc(F)cc2)c(O)c1. The van der Waals surface area contributed by atoms with Gasteiger partial charge in [-0.1, -0.05) is 0 Å². The van der Waals surface area contributed by atoms with Gasteiger partial charge in [-0.2, -0.15) is 5.10 Å². The van der Waals surface area contributed by atoms with Crippen molar-refractivity contribution in [2.75, 3.05) is 12.9 Å². The smallest absolute Gasteiger partial charge is 0.240 e. The molecule has 1 amide bonds. The summed E-state index contributed by atoms with van der Waals surface area (Å²) >= 11 is 1.46. The Bertz CT molecular complexity index is 763. The number of nitrogens with zero attached hydrogens (tertiary/aromatic N) is 1. The highest BCUT2D eigenvalue weighted by Gasteiger charge is 2.07. The Kier molecular flexibility index (Phi) is 6.82. The van der Waals surface area contributed by atoms with Crippen LogP contribution in [0.3, 0.4) is 0 Å². The van der Waals surface area contributed by atoms with E-state index in [4.69, 9.17) is 4.74 Å². The van der Waals surface area contributed by atoms with Crippen LogP contribution in [0.2, 0.25) is 0 Å². The number of nitrogens with one attached hydrogen (secondary N) is 1. The largest absolute Gasteiger partial charge is 0.507 e. The molecule has 7 heteroatoms. The van der Waals surface area contributed by atoms with Gasteiger partial charge < -0.3 is 9.84 Å². The molecule has 0 saturated carbocycles. The lowest BCUT2D eigenvalue weighted by atomic mass is 10.1. The molecule has 0 heterocycles. The number of phenols is 1. The molecule has 2 aromatic carbocycles. The average molecular weight is 362 g/mol. The molecule has 0 radical (unpaired) electrons. The Morgan fingerprint density at radius 2 is 2.00 bits per heavy atom. The number of rotatable bonds is 7. The molecule has 2 N–H and O–H groups in total. The number of carbonyl (C=O) groups is 1. The highest BCUT2D eigenvalue weighted by atomic mass is 32.2. The van der Waals surface area contributed by atoms with E-state index in [1.807, 2.05) is 0 Å². The van der Waals surface area contributed by atoms with Gasteiger partial charge in [0.25, 0.3) is 0 Å². The molecule has 5 nitrogen and oxygen atoms in total. The molecule has 0 aromatic heterocycles. The van der Waals surface area contributed by atoms with E-state index >= 15 is 0 Å². The fraction of sp³-hybridized carbons (Fsp3) is 0.222. The maximum Gasteiger partial charge on any atom is 0.240 e. The van der Waals surface area contributed by atoms with Crippen LogP contribution in [-0.4, -0.2) is 29.6 Å². The van der Waals surface area contributed by atoms with Gasteiger partial charge in [0.2, 0.25) is 5.91 Å². The molecule has 2 aromatic rings. The van der Waals surface area contributed by atoms with Crippen molar-refractivity contribution in [3.8, 4) is 11.5 Å². The molecule has 0 aliphatic heterocycles. The third-order valence-electron chi connectivity index (χ3n) is 3.35. The summed E-state index contributed by atoms with van der Waals surface area (Å²) in [6, 6.07) is 11.0. The minimum absolute atomic E-state index is 0.0294. The molecule has 25 heavy (non-hydrogen) atoms. The van der Waals surface area contributed by atoms with Gasteiger partial charge in [0.15, 0.2) is 0 Å². The Balaban J connectivity index is 1.83. The number of ether oxygens (including phenoxy) is 1. The first-order valence-corrected chi connectivity index (χ1v) is 8.57. The van der Waals surface area contributed by atoms with Crippen molar-refractivity contribution < 1.29 is 19.0 Å². The second kappa shape index (κ2) is 9.08.